The Morgan fingerprint density at radius 1 is 1.04 bits per heavy atom. The highest BCUT2D eigenvalue weighted by atomic mass is 32.2. The number of nitrogens with one attached hydrogen (secondary N) is 2. The molecule has 2 aromatic rings. The van der Waals surface area contributed by atoms with Crippen molar-refractivity contribution in [1.82, 2.24) is 10.0 Å². The lowest BCUT2D eigenvalue weighted by Crippen LogP contribution is -2.34. The van der Waals surface area contributed by atoms with Gasteiger partial charge in [-0.3, -0.25) is 4.79 Å². The molecular weight excluding hydrogens is 367 g/mol. The van der Waals surface area contributed by atoms with Crippen LogP contribution in [-0.4, -0.2) is 20.4 Å². The number of hydrogen-bond donors (Lipinski definition) is 2. The Bertz CT molecular complexity index is 948. The van der Waals surface area contributed by atoms with Gasteiger partial charge in [-0.05, 0) is 61.1 Å². The summed E-state index contributed by atoms with van der Waals surface area (Å²) in [6.07, 6.45) is 3.27. The molecule has 0 aliphatic heterocycles. The molecule has 0 unspecified atom stereocenters. The number of carbonyl (C=O) groups is 1. The number of sulfonamides is 1. The molecule has 0 heterocycles. The molecule has 2 aliphatic carbocycles. The van der Waals surface area contributed by atoms with Crippen molar-refractivity contribution < 1.29 is 17.6 Å². The summed E-state index contributed by atoms with van der Waals surface area (Å²) in [5.74, 6) is -0.401. The predicted octanol–water partition coefficient (Wildman–Crippen LogP) is 2.61. The molecule has 0 aromatic heterocycles. The third-order valence-electron chi connectivity index (χ3n) is 5.17. The standard InChI is InChI=1S/C20H21FN2O3S/c21-16-5-3-15(4-6-16)20(11-12-20)19(24)22-13-14-1-9-18(10-2-14)27(25,26)23-17-7-8-17/h1-6,9-10,17,23H,7-8,11-13H2,(H,22,24). The van der Waals surface area contributed by atoms with Crippen molar-refractivity contribution in [3.63, 3.8) is 0 Å². The highest BCUT2D eigenvalue weighted by Crippen LogP contribution is 2.48. The van der Waals surface area contributed by atoms with Gasteiger partial charge in [0.15, 0.2) is 0 Å². The van der Waals surface area contributed by atoms with Gasteiger partial charge in [0.25, 0.3) is 0 Å². The summed E-state index contributed by atoms with van der Waals surface area (Å²) in [6, 6.07) is 12.7. The molecule has 142 valence electrons. The molecular formula is C20H21FN2O3S. The van der Waals surface area contributed by atoms with Gasteiger partial charge in [0.05, 0.1) is 10.3 Å². The average molecular weight is 388 g/mol. The van der Waals surface area contributed by atoms with E-state index in [2.05, 4.69) is 10.0 Å². The first kappa shape index (κ1) is 18.1. The van der Waals surface area contributed by atoms with Gasteiger partial charge >= 0.3 is 0 Å². The molecule has 4 rings (SSSR count). The monoisotopic (exact) mass is 388 g/mol. The van der Waals surface area contributed by atoms with Gasteiger partial charge in [0.1, 0.15) is 5.82 Å². The zero-order valence-corrected chi connectivity index (χ0v) is 15.6. The molecule has 7 heteroatoms. The van der Waals surface area contributed by atoms with Crippen LogP contribution in [0.15, 0.2) is 53.4 Å². The minimum atomic E-state index is -3.47. The smallest absolute Gasteiger partial charge is 0.240 e. The second-order valence-corrected chi connectivity index (χ2v) is 9.03. The molecule has 5 nitrogen and oxygen atoms in total. The Morgan fingerprint density at radius 3 is 2.22 bits per heavy atom. The van der Waals surface area contributed by atoms with E-state index in [1.807, 2.05) is 0 Å². The maximum atomic E-state index is 13.1. The third-order valence-corrected chi connectivity index (χ3v) is 6.70. The highest BCUT2D eigenvalue weighted by Gasteiger charge is 2.51. The van der Waals surface area contributed by atoms with Crippen LogP contribution in [0.2, 0.25) is 0 Å². The number of benzene rings is 2. The third kappa shape index (κ3) is 3.89. The molecule has 2 saturated carbocycles. The maximum Gasteiger partial charge on any atom is 0.240 e. The van der Waals surface area contributed by atoms with Gasteiger partial charge in [-0.15, -0.1) is 0 Å². The minimum absolute atomic E-state index is 0.0650. The molecule has 2 aliphatic rings. The molecule has 27 heavy (non-hydrogen) atoms. The summed E-state index contributed by atoms with van der Waals surface area (Å²) in [7, 11) is -3.47. The lowest BCUT2D eigenvalue weighted by molar-refractivity contribution is -0.123. The first-order chi connectivity index (χ1) is 12.9. The quantitative estimate of drug-likeness (QED) is 0.766. The van der Waals surface area contributed by atoms with Gasteiger partial charge in [0.2, 0.25) is 15.9 Å². The van der Waals surface area contributed by atoms with Gasteiger partial charge in [-0.25, -0.2) is 17.5 Å². The van der Waals surface area contributed by atoms with Crippen LogP contribution in [0.4, 0.5) is 4.39 Å². The molecule has 2 N–H and O–H groups in total. The van der Waals surface area contributed by atoms with Crippen LogP contribution >= 0.6 is 0 Å². The predicted molar refractivity (Wildman–Crippen MR) is 98.9 cm³/mol. The summed E-state index contributed by atoms with van der Waals surface area (Å²) < 4.78 is 40.1. The fourth-order valence-electron chi connectivity index (χ4n) is 3.17. The van der Waals surface area contributed by atoms with Gasteiger partial charge < -0.3 is 5.32 Å². The van der Waals surface area contributed by atoms with E-state index in [9.17, 15) is 17.6 Å². The second kappa shape index (κ2) is 6.73. The van der Waals surface area contributed by atoms with E-state index in [-0.39, 0.29) is 22.7 Å². The number of amides is 1. The Labute approximate surface area is 158 Å². The Kier molecular flexibility index (Phi) is 4.52. The van der Waals surface area contributed by atoms with E-state index < -0.39 is 15.4 Å². The zero-order chi connectivity index (χ0) is 19.1. The molecule has 0 radical (unpaired) electrons. The molecule has 1 amide bonds. The van der Waals surface area contributed by atoms with Crippen LogP contribution < -0.4 is 10.0 Å². The topological polar surface area (TPSA) is 75.3 Å². The summed E-state index contributed by atoms with van der Waals surface area (Å²) >= 11 is 0. The Balaban J connectivity index is 1.38. The van der Waals surface area contributed by atoms with E-state index in [1.54, 1.807) is 36.4 Å². The van der Waals surface area contributed by atoms with E-state index in [0.717, 1.165) is 36.8 Å². The number of rotatable bonds is 7. The molecule has 0 saturated heterocycles. The molecule has 0 spiro atoms. The Hall–Kier alpha value is -2.25. The summed E-state index contributed by atoms with van der Waals surface area (Å²) in [5.41, 5.74) is 1.09. The van der Waals surface area contributed by atoms with Crippen molar-refractivity contribution in [2.45, 2.75) is 48.6 Å². The van der Waals surface area contributed by atoms with Gasteiger partial charge in [-0.1, -0.05) is 24.3 Å². The number of hydrogen-bond acceptors (Lipinski definition) is 3. The van der Waals surface area contributed by atoms with Crippen molar-refractivity contribution in [2.24, 2.45) is 0 Å². The first-order valence-electron chi connectivity index (χ1n) is 9.05. The average Bonchev–Trinajstić information content (AvgIpc) is 3.56. The van der Waals surface area contributed by atoms with Crippen LogP contribution in [0, 0.1) is 5.82 Å². The molecule has 0 bridgehead atoms. The van der Waals surface area contributed by atoms with E-state index in [4.69, 9.17) is 0 Å². The van der Waals surface area contributed by atoms with Crippen LogP contribution in [-0.2, 0) is 26.8 Å². The van der Waals surface area contributed by atoms with Gasteiger partial charge in [0, 0.05) is 12.6 Å². The summed E-state index contributed by atoms with van der Waals surface area (Å²) in [4.78, 5) is 12.9. The fraction of sp³-hybridized carbons (Fsp3) is 0.350. The largest absolute Gasteiger partial charge is 0.351 e. The summed E-state index contributed by atoms with van der Waals surface area (Å²) in [6.45, 7) is 0.318. The van der Waals surface area contributed by atoms with Crippen molar-refractivity contribution in [3.8, 4) is 0 Å². The second-order valence-electron chi connectivity index (χ2n) is 7.31. The van der Waals surface area contributed by atoms with Crippen LogP contribution in [0.3, 0.4) is 0 Å². The van der Waals surface area contributed by atoms with Crippen LogP contribution in [0.25, 0.3) is 0 Å². The Morgan fingerprint density at radius 2 is 1.67 bits per heavy atom. The van der Waals surface area contributed by atoms with Crippen LogP contribution in [0.5, 0.6) is 0 Å². The minimum Gasteiger partial charge on any atom is -0.351 e. The molecule has 2 aromatic carbocycles. The van der Waals surface area contributed by atoms with E-state index in [0.29, 0.717) is 6.54 Å². The normalized spacial score (nSPS) is 18.1. The van der Waals surface area contributed by atoms with E-state index in [1.165, 1.54) is 12.1 Å². The summed E-state index contributed by atoms with van der Waals surface area (Å²) in [5, 5.41) is 2.92. The fourth-order valence-corrected chi connectivity index (χ4v) is 4.47. The van der Waals surface area contributed by atoms with Crippen molar-refractivity contribution in [2.75, 3.05) is 0 Å². The zero-order valence-electron chi connectivity index (χ0n) is 14.7. The lowest BCUT2D eigenvalue weighted by atomic mass is 9.95. The molecule has 2 fully saturated rings. The van der Waals surface area contributed by atoms with E-state index >= 15 is 0 Å². The van der Waals surface area contributed by atoms with Crippen molar-refractivity contribution in [1.29, 1.82) is 0 Å². The number of carbonyl (C=O) groups excluding carboxylic acids is 1. The van der Waals surface area contributed by atoms with Crippen molar-refractivity contribution >= 4 is 15.9 Å². The first-order valence-corrected chi connectivity index (χ1v) is 10.5. The highest BCUT2D eigenvalue weighted by molar-refractivity contribution is 7.89. The SMILES string of the molecule is O=C(NCc1ccc(S(=O)(=O)NC2CC2)cc1)C1(c2ccc(F)cc2)CC1. The number of halogens is 1. The maximum absolute atomic E-state index is 13.1. The molecule has 0 atom stereocenters. The lowest BCUT2D eigenvalue weighted by Gasteiger charge is -2.16. The van der Waals surface area contributed by atoms with Crippen molar-refractivity contribution in [3.05, 3.63) is 65.5 Å². The van der Waals surface area contributed by atoms with Crippen LogP contribution in [0.1, 0.15) is 36.8 Å². The van der Waals surface area contributed by atoms with Gasteiger partial charge in [-0.2, -0.15) is 0 Å².